The third kappa shape index (κ3) is 2.15. The Morgan fingerprint density at radius 2 is 1.83 bits per heavy atom. The van der Waals surface area contributed by atoms with Crippen LogP contribution in [0.5, 0.6) is 0 Å². The van der Waals surface area contributed by atoms with Gasteiger partial charge in [0, 0.05) is 19.5 Å². The van der Waals surface area contributed by atoms with E-state index in [1.807, 2.05) is 0 Å². The van der Waals surface area contributed by atoms with Crippen LogP contribution in [0.4, 0.5) is 0 Å². The monoisotopic (exact) mass is 393 g/mol. The molecule has 3 aliphatic carbocycles. The minimum Gasteiger partial charge on any atom is -0.342 e. The lowest BCUT2D eigenvalue weighted by Gasteiger charge is -2.61. The van der Waals surface area contributed by atoms with E-state index in [1.165, 1.54) is 43.0 Å². The molecule has 24 heavy (non-hydrogen) atoms. The summed E-state index contributed by atoms with van der Waals surface area (Å²) in [6, 6.07) is 0.485. The molecule has 0 radical (unpaired) electrons. The molecule has 4 aliphatic rings. The number of likely N-dealkylation sites (tertiary alicyclic amines) is 1. The number of fused-ring (bicyclic) bond motifs is 5. The molecule has 1 aliphatic heterocycles. The van der Waals surface area contributed by atoms with Gasteiger partial charge in [-0.3, -0.25) is 4.79 Å². The molecule has 134 valence electrons. The maximum atomic E-state index is 12.2. The number of allylic oxidation sites excluding steroid dienone is 2. The summed E-state index contributed by atoms with van der Waals surface area (Å²) in [6.45, 7) is 7.31. The second kappa shape index (κ2) is 5.59. The zero-order valence-electron chi connectivity index (χ0n) is 15.7. The van der Waals surface area contributed by atoms with Crippen LogP contribution >= 0.6 is 15.9 Å². The van der Waals surface area contributed by atoms with Gasteiger partial charge in [-0.25, -0.2) is 0 Å². The van der Waals surface area contributed by atoms with Crippen molar-refractivity contribution in [1.82, 2.24) is 4.90 Å². The second-order valence-electron chi connectivity index (χ2n) is 9.49. The molecule has 3 saturated carbocycles. The van der Waals surface area contributed by atoms with Crippen LogP contribution in [0.25, 0.3) is 0 Å². The number of amides is 1. The Hall–Kier alpha value is -0.310. The van der Waals surface area contributed by atoms with Gasteiger partial charge in [-0.1, -0.05) is 35.4 Å². The number of rotatable bonds is 0. The van der Waals surface area contributed by atoms with Crippen molar-refractivity contribution in [3.05, 3.63) is 10.1 Å². The van der Waals surface area contributed by atoms with E-state index in [1.54, 1.807) is 5.57 Å². The molecule has 0 unspecified atom stereocenters. The van der Waals surface area contributed by atoms with Crippen LogP contribution in [0.3, 0.4) is 0 Å². The van der Waals surface area contributed by atoms with Crippen molar-refractivity contribution in [1.29, 1.82) is 0 Å². The molecular weight excluding hydrogens is 362 g/mol. The molecule has 0 aromatic heterocycles. The number of piperidine rings is 1. The van der Waals surface area contributed by atoms with Gasteiger partial charge in [0.2, 0.25) is 5.91 Å². The fourth-order valence-corrected chi connectivity index (χ4v) is 8.18. The molecule has 0 aromatic rings. The van der Waals surface area contributed by atoms with Gasteiger partial charge in [-0.05, 0) is 84.9 Å². The Labute approximate surface area is 155 Å². The lowest BCUT2D eigenvalue weighted by molar-refractivity contribution is -0.156. The highest BCUT2D eigenvalue weighted by atomic mass is 79.9. The molecule has 4 fully saturated rings. The summed E-state index contributed by atoms with van der Waals surface area (Å²) >= 11 is 3.80. The highest BCUT2D eigenvalue weighted by Crippen LogP contribution is 2.66. The van der Waals surface area contributed by atoms with Gasteiger partial charge >= 0.3 is 0 Å². The highest BCUT2D eigenvalue weighted by Gasteiger charge is 2.60. The van der Waals surface area contributed by atoms with Crippen molar-refractivity contribution in [2.24, 2.45) is 28.6 Å². The number of nitrogens with zero attached hydrogens (tertiary/aromatic N) is 1. The summed E-state index contributed by atoms with van der Waals surface area (Å²) in [5.41, 5.74) is 2.48. The van der Waals surface area contributed by atoms with Crippen molar-refractivity contribution in [3.8, 4) is 0 Å². The second-order valence-corrected chi connectivity index (χ2v) is 10.7. The van der Waals surface area contributed by atoms with Gasteiger partial charge in [0.25, 0.3) is 0 Å². The minimum absolute atomic E-state index is 0.350. The van der Waals surface area contributed by atoms with E-state index in [4.69, 9.17) is 0 Å². The predicted octanol–water partition coefficient (Wildman–Crippen LogP) is 5.52. The largest absolute Gasteiger partial charge is 0.342 e. The summed E-state index contributed by atoms with van der Waals surface area (Å²) in [4.78, 5) is 14.3. The van der Waals surface area contributed by atoms with Crippen molar-refractivity contribution < 1.29 is 4.79 Å². The van der Waals surface area contributed by atoms with Gasteiger partial charge in [0.05, 0.1) is 0 Å². The summed E-state index contributed by atoms with van der Waals surface area (Å²) in [5.74, 6) is 2.92. The first-order valence-electron chi connectivity index (χ1n) is 9.90. The Morgan fingerprint density at radius 1 is 1.08 bits per heavy atom. The van der Waals surface area contributed by atoms with Crippen LogP contribution in [0, 0.1) is 28.6 Å². The van der Waals surface area contributed by atoms with Gasteiger partial charge < -0.3 is 4.90 Å². The van der Waals surface area contributed by atoms with E-state index in [9.17, 15) is 4.79 Å². The molecule has 0 N–H and O–H groups in total. The van der Waals surface area contributed by atoms with E-state index >= 15 is 0 Å². The third-order valence-electron chi connectivity index (χ3n) is 8.76. The van der Waals surface area contributed by atoms with E-state index in [-0.39, 0.29) is 0 Å². The highest BCUT2D eigenvalue weighted by molar-refractivity contribution is 9.11. The number of carbonyl (C=O) groups is 1. The number of hydrogen-bond donors (Lipinski definition) is 0. The molecule has 6 atom stereocenters. The lowest BCUT2D eigenvalue weighted by Crippen LogP contribution is -2.61. The van der Waals surface area contributed by atoms with Crippen molar-refractivity contribution in [2.75, 3.05) is 7.05 Å². The Morgan fingerprint density at radius 3 is 2.54 bits per heavy atom. The maximum absolute atomic E-state index is 12.2. The van der Waals surface area contributed by atoms with Crippen molar-refractivity contribution >= 4 is 21.8 Å². The first-order valence-corrected chi connectivity index (χ1v) is 10.7. The molecule has 0 spiro atoms. The summed E-state index contributed by atoms with van der Waals surface area (Å²) in [6.07, 6.45) is 9.81. The normalized spacial score (nSPS) is 50.2. The van der Waals surface area contributed by atoms with Crippen LogP contribution in [0.15, 0.2) is 10.1 Å². The van der Waals surface area contributed by atoms with Crippen LogP contribution in [-0.2, 0) is 4.79 Å². The predicted molar refractivity (Wildman–Crippen MR) is 102 cm³/mol. The quantitative estimate of drug-likeness (QED) is 0.530. The number of hydrogen-bond acceptors (Lipinski definition) is 1. The fraction of sp³-hybridized carbons (Fsp3) is 0.857. The molecule has 1 heterocycles. The van der Waals surface area contributed by atoms with Crippen molar-refractivity contribution in [3.63, 3.8) is 0 Å². The zero-order valence-corrected chi connectivity index (χ0v) is 17.3. The smallest absolute Gasteiger partial charge is 0.222 e. The lowest BCUT2D eigenvalue weighted by atomic mass is 9.47. The van der Waals surface area contributed by atoms with E-state index in [0.29, 0.717) is 22.8 Å². The topological polar surface area (TPSA) is 20.3 Å². The molecule has 3 heteroatoms. The molecule has 4 rings (SSSR count). The molecule has 1 amide bonds. The van der Waals surface area contributed by atoms with Gasteiger partial charge in [-0.2, -0.15) is 0 Å². The third-order valence-corrected chi connectivity index (χ3v) is 9.24. The molecule has 0 aromatic carbocycles. The standard InChI is InChI=1S/C21H32BrNO/c1-13(22)15-6-7-16-14-5-8-18-21(3,12-10-19(24)23(18)4)17(14)9-11-20(15,16)2/h14,16-18H,5-12H2,1-4H3/b15-13-/t14-,16-,17-,18+,20+,21+/m0/s1. The van der Waals surface area contributed by atoms with E-state index < -0.39 is 0 Å². The molecule has 2 nitrogen and oxygen atoms in total. The van der Waals surface area contributed by atoms with Gasteiger partial charge in [-0.15, -0.1) is 0 Å². The van der Waals surface area contributed by atoms with Crippen molar-refractivity contribution in [2.45, 2.75) is 78.2 Å². The molecular formula is C21H32BrNO. The Bertz CT molecular complexity index is 595. The number of halogens is 1. The minimum atomic E-state index is 0.350. The SMILES string of the molecule is C/C(Br)=C1\CC[C@H]2[C@@H]3CC[C@H]4N(C)C(=O)CC[C@]4(C)[C@H]3CC[C@]12C. The van der Waals surface area contributed by atoms with Crippen LogP contribution in [0.1, 0.15) is 72.1 Å². The molecule has 0 bridgehead atoms. The Kier molecular flexibility index (Phi) is 3.99. The Balaban J connectivity index is 1.67. The average Bonchev–Trinajstić information content (AvgIpc) is 2.89. The summed E-state index contributed by atoms with van der Waals surface area (Å²) in [5, 5.41) is 0. The fourth-order valence-electron chi connectivity index (χ4n) is 7.53. The zero-order chi connectivity index (χ0) is 17.3. The first-order chi connectivity index (χ1) is 11.3. The first kappa shape index (κ1) is 17.1. The summed E-state index contributed by atoms with van der Waals surface area (Å²) in [7, 11) is 2.06. The van der Waals surface area contributed by atoms with E-state index in [2.05, 4.69) is 48.6 Å². The molecule has 1 saturated heterocycles. The van der Waals surface area contributed by atoms with Crippen LogP contribution in [0.2, 0.25) is 0 Å². The van der Waals surface area contributed by atoms with Crippen LogP contribution in [-0.4, -0.2) is 23.9 Å². The average molecular weight is 394 g/mol. The van der Waals surface area contributed by atoms with E-state index in [0.717, 1.165) is 30.6 Å². The maximum Gasteiger partial charge on any atom is 0.222 e. The summed E-state index contributed by atoms with van der Waals surface area (Å²) < 4.78 is 1.40. The van der Waals surface area contributed by atoms with Gasteiger partial charge in [0.15, 0.2) is 0 Å². The van der Waals surface area contributed by atoms with Crippen LogP contribution < -0.4 is 0 Å². The van der Waals surface area contributed by atoms with Gasteiger partial charge in [0.1, 0.15) is 0 Å². The number of carbonyl (C=O) groups excluding carboxylic acids is 1.